The fourth-order valence-corrected chi connectivity index (χ4v) is 4.17. The first-order valence-corrected chi connectivity index (χ1v) is 11.5. The third kappa shape index (κ3) is 4.87. The minimum atomic E-state index is 1.16. The van der Waals surface area contributed by atoms with E-state index in [9.17, 15) is 0 Å². The van der Waals surface area contributed by atoms with Crippen LogP contribution in [0.15, 0.2) is 122 Å². The minimum absolute atomic E-state index is 1.16. The zero-order valence-electron chi connectivity index (χ0n) is 19.4. The Balaban J connectivity index is 0.000000142. The molecule has 2 heterocycles. The zero-order valence-corrected chi connectivity index (χ0v) is 19.4. The molecule has 0 atom stereocenters. The second-order valence-electron chi connectivity index (χ2n) is 8.61. The topological polar surface area (TPSA) is 25.8 Å². The molecule has 0 saturated carbocycles. The van der Waals surface area contributed by atoms with Gasteiger partial charge in [-0.05, 0) is 82.4 Å². The lowest BCUT2D eigenvalue weighted by molar-refractivity contribution is 1.33. The van der Waals surface area contributed by atoms with Crippen molar-refractivity contribution in [1.29, 1.82) is 0 Å². The number of aromatic nitrogens is 2. The number of hydrogen-bond donors (Lipinski definition) is 0. The first kappa shape index (κ1) is 21.5. The lowest BCUT2D eigenvalue weighted by atomic mass is 10.0. The van der Waals surface area contributed by atoms with Gasteiger partial charge in [0.2, 0.25) is 0 Å². The van der Waals surface area contributed by atoms with Gasteiger partial charge in [-0.2, -0.15) is 0 Å². The summed E-state index contributed by atoms with van der Waals surface area (Å²) in [5.74, 6) is 0. The largest absolute Gasteiger partial charge is 0.265 e. The second-order valence-corrected chi connectivity index (χ2v) is 8.61. The average molecular weight is 439 g/mol. The molecule has 2 aromatic heterocycles. The molecular formula is C32H26N2. The molecule has 0 N–H and O–H groups in total. The fourth-order valence-electron chi connectivity index (χ4n) is 4.17. The van der Waals surface area contributed by atoms with E-state index in [1.54, 1.807) is 6.20 Å². The maximum atomic E-state index is 4.16. The molecular weight excluding hydrogens is 412 g/mol. The highest BCUT2D eigenvalue weighted by Gasteiger charge is 2.00. The van der Waals surface area contributed by atoms with E-state index in [-0.39, 0.29) is 0 Å². The molecule has 0 saturated heterocycles. The Kier molecular flexibility index (Phi) is 6.13. The normalized spacial score (nSPS) is 10.6. The molecule has 4 aromatic carbocycles. The Labute approximate surface area is 200 Å². The highest BCUT2D eigenvalue weighted by Crippen LogP contribution is 2.25. The summed E-state index contributed by atoms with van der Waals surface area (Å²) in [4.78, 5) is 8.20. The van der Waals surface area contributed by atoms with Crippen molar-refractivity contribution in [3.05, 3.63) is 133 Å². The van der Waals surface area contributed by atoms with Crippen LogP contribution in [-0.2, 0) is 0 Å². The van der Waals surface area contributed by atoms with E-state index in [0.29, 0.717) is 0 Å². The summed E-state index contributed by atoms with van der Waals surface area (Å²) >= 11 is 0. The minimum Gasteiger partial charge on any atom is -0.265 e. The first-order chi connectivity index (χ1) is 16.7. The van der Waals surface area contributed by atoms with Crippen molar-refractivity contribution < 1.29 is 0 Å². The van der Waals surface area contributed by atoms with Gasteiger partial charge in [0.15, 0.2) is 0 Å². The third-order valence-corrected chi connectivity index (χ3v) is 6.00. The number of pyridine rings is 2. The number of rotatable bonds is 2. The Bertz CT molecular complexity index is 1430. The van der Waals surface area contributed by atoms with Crippen LogP contribution in [0.25, 0.3) is 43.8 Å². The molecule has 34 heavy (non-hydrogen) atoms. The molecule has 0 aliphatic carbocycles. The fraction of sp³-hybridized carbons (Fsp3) is 0.0625. The van der Waals surface area contributed by atoms with Crippen LogP contribution >= 0.6 is 0 Å². The molecule has 2 nitrogen and oxygen atoms in total. The van der Waals surface area contributed by atoms with Crippen molar-refractivity contribution >= 4 is 21.5 Å². The number of hydrogen-bond acceptors (Lipinski definition) is 2. The molecule has 0 amide bonds. The van der Waals surface area contributed by atoms with Crippen LogP contribution in [0.5, 0.6) is 0 Å². The molecule has 0 radical (unpaired) electrons. The predicted octanol–water partition coefficient (Wildman–Crippen LogP) is 8.42. The summed E-state index contributed by atoms with van der Waals surface area (Å²) < 4.78 is 0. The average Bonchev–Trinajstić information content (AvgIpc) is 2.89. The van der Waals surface area contributed by atoms with Gasteiger partial charge in [0.1, 0.15) is 0 Å². The van der Waals surface area contributed by atoms with E-state index in [4.69, 9.17) is 0 Å². The molecule has 2 heteroatoms. The first-order valence-electron chi connectivity index (χ1n) is 11.5. The number of benzene rings is 4. The standard InChI is InChI=1S/2C16H13N/c1-12-2-3-16-11-15(5-4-14(16)10-12)13-6-8-17-9-7-13;1-12-4-5-14-10-15(7-6-13(14)9-12)16-3-2-8-17-11-16/h2*2-11H,1H3. The van der Waals surface area contributed by atoms with E-state index in [0.717, 1.165) is 5.56 Å². The van der Waals surface area contributed by atoms with Gasteiger partial charge in [-0.15, -0.1) is 0 Å². The zero-order chi connectivity index (χ0) is 23.3. The second kappa shape index (κ2) is 9.68. The quantitative estimate of drug-likeness (QED) is 0.271. The van der Waals surface area contributed by atoms with E-state index in [1.165, 1.54) is 49.4 Å². The Hall–Kier alpha value is -4.30. The van der Waals surface area contributed by atoms with Crippen LogP contribution in [-0.4, -0.2) is 9.97 Å². The molecule has 0 aliphatic rings. The van der Waals surface area contributed by atoms with Crippen LogP contribution in [0.2, 0.25) is 0 Å². The summed E-state index contributed by atoms with van der Waals surface area (Å²) in [6, 6.07) is 34.3. The van der Waals surface area contributed by atoms with Crippen molar-refractivity contribution in [2.45, 2.75) is 13.8 Å². The number of aryl methyl sites for hydroxylation is 2. The molecule has 0 spiro atoms. The maximum absolute atomic E-state index is 4.16. The smallest absolute Gasteiger partial charge is 0.0346 e. The van der Waals surface area contributed by atoms with Crippen LogP contribution in [0.4, 0.5) is 0 Å². The summed E-state index contributed by atoms with van der Waals surface area (Å²) in [7, 11) is 0. The van der Waals surface area contributed by atoms with Crippen molar-refractivity contribution in [3.8, 4) is 22.3 Å². The van der Waals surface area contributed by atoms with Crippen molar-refractivity contribution in [3.63, 3.8) is 0 Å². The van der Waals surface area contributed by atoms with Crippen LogP contribution in [0, 0.1) is 13.8 Å². The molecule has 6 rings (SSSR count). The Morgan fingerprint density at radius 3 is 1.50 bits per heavy atom. The Morgan fingerprint density at radius 2 is 0.941 bits per heavy atom. The van der Waals surface area contributed by atoms with Gasteiger partial charge in [-0.25, -0.2) is 0 Å². The molecule has 164 valence electrons. The van der Waals surface area contributed by atoms with E-state index < -0.39 is 0 Å². The summed E-state index contributed by atoms with van der Waals surface area (Å²) in [6.45, 7) is 4.24. The molecule has 0 aliphatic heterocycles. The summed E-state index contributed by atoms with van der Waals surface area (Å²) in [5.41, 5.74) is 7.43. The lowest BCUT2D eigenvalue weighted by Crippen LogP contribution is -1.81. The third-order valence-electron chi connectivity index (χ3n) is 6.00. The predicted molar refractivity (Wildman–Crippen MR) is 144 cm³/mol. The highest BCUT2D eigenvalue weighted by molar-refractivity contribution is 5.88. The van der Waals surface area contributed by atoms with Crippen molar-refractivity contribution in [1.82, 2.24) is 9.97 Å². The summed E-state index contributed by atoms with van der Waals surface area (Å²) in [5, 5.41) is 5.14. The van der Waals surface area contributed by atoms with E-state index in [1.807, 2.05) is 36.8 Å². The van der Waals surface area contributed by atoms with Gasteiger partial charge in [-0.1, -0.05) is 77.9 Å². The van der Waals surface area contributed by atoms with Gasteiger partial charge in [0, 0.05) is 30.4 Å². The summed E-state index contributed by atoms with van der Waals surface area (Å²) in [6.07, 6.45) is 7.35. The molecule has 0 fully saturated rings. The van der Waals surface area contributed by atoms with Gasteiger partial charge in [-0.3, -0.25) is 9.97 Å². The SMILES string of the molecule is Cc1ccc2cc(-c3cccnc3)ccc2c1.Cc1ccc2cc(-c3ccncc3)ccc2c1. The van der Waals surface area contributed by atoms with Crippen LogP contribution in [0.3, 0.4) is 0 Å². The van der Waals surface area contributed by atoms with E-state index in [2.05, 4.69) is 103 Å². The maximum Gasteiger partial charge on any atom is 0.0346 e. The highest BCUT2D eigenvalue weighted by atomic mass is 14.6. The van der Waals surface area contributed by atoms with Gasteiger partial charge in [0.05, 0.1) is 0 Å². The van der Waals surface area contributed by atoms with E-state index >= 15 is 0 Å². The molecule has 0 unspecified atom stereocenters. The van der Waals surface area contributed by atoms with Gasteiger partial charge < -0.3 is 0 Å². The monoisotopic (exact) mass is 438 g/mol. The number of nitrogens with zero attached hydrogens (tertiary/aromatic N) is 2. The van der Waals surface area contributed by atoms with Gasteiger partial charge >= 0.3 is 0 Å². The van der Waals surface area contributed by atoms with Crippen LogP contribution in [0.1, 0.15) is 11.1 Å². The lowest BCUT2D eigenvalue weighted by Gasteiger charge is -2.04. The Morgan fingerprint density at radius 1 is 0.412 bits per heavy atom. The van der Waals surface area contributed by atoms with Crippen molar-refractivity contribution in [2.75, 3.05) is 0 Å². The molecule has 0 bridgehead atoms. The van der Waals surface area contributed by atoms with Crippen LogP contribution < -0.4 is 0 Å². The van der Waals surface area contributed by atoms with Gasteiger partial charge in [0.25, 0.3) is 0 Å². The van der Waals surface area contributed by atoms with Crippen molar-refractivity contribution in [2.24, 2.45) is 0 Å². The number of fused-ring (bicyclic) bond motifs is 2. The molecule has 6 aromatic rings.